The van der Waals surface area contributed by atoms with E-state index in [1.807, 2.05) is 31.2 Å². The second kappa shape index (κ2) is 8.53. The van der Waals surface area contributed by atoms with Crippen molar-refractivity contribution >= 4 is 11.9 Å². The number of nitrogens with zero attached hydrogens (tertiary/aromatic N) is 1. The summed E-state index contributed by atoms with van der Waals surface area (Å²) in [5.41, 5.74) is 1.15. The van der Waals surface area contributed by atoms with E-state index in [4.69, 9.17) is 9.84 Å². The lowest BCUT2D eigenvalue weighted by molar-refractivity contribution is -0.142. The highest BCUT2D eigenvalue weighted by Crippen LogP contribution is 2.16. The van der Waals surface area contributed by atoms with Crippen LogP contribution in [0.15, 0.2) is 24.3 Å². The van der Waals surface area contributed by atoms with Crippen LogP contribution in [0.4, 0.5) is 0 Å². The van der Waals surface area contributed by atoms with Crippen molar-refractivity contribution in [3.63, 3.8) is 0 Å². The number of likely N-dealkylation sites (tertiary alicyclic amines) is 1. The number of carboxylic acid groups (broad SMARTS) is 1. The molecule has 1 atom stereocenters. The average molecular weight is 320 g/mol. The van der Waals surface area contributed by atoms with Crippen molar-refractivity contribution in [1.29, 1.82) is 0 Å². The maximum Gasteiger partial charge on any atom is 0.320 e. The van der Waals surface area contributed by atoms with Crippen molar-refractivity contribution in [2.45, 2.75) is 32.2 Å². The molecule has 1 unspecified atom stereocenters. The van der Waals surface area contributed by atoms with Gasteiger partial charge in [-0.05, 0) is 50.4 Å². The molecule has 126 valence electrons. The van der Waals surface area contributed by atoms with Crippen LogP contribution in [0.1, 0.15) is 24.8 Å². The fourth-order valence-electron chi connectivity index (χ4n) is 2.73. The summed E-state index contributed by atoms with van der Waals surface area (Å²) < 4.78 is 5.61. The molecule has 1 saturated heterocycles. The van der Waals surface area contributed by atoms with Gasteiger partial charge in [0.2, 0.25) is 5.91 Å². The van der Waals surface area contributed by atoms with Crippen LogP contribution < -0.4 is 10.1 Å². The predicted molar refractivity (Wildman–Crippen MR) is 86.5 cm³/mol. The second-order valence-corrected chi connectivity index (χ2v) is 5.84. The zero-order valence-electron chi connectivity index (χ0n) is 13.5. The van der Waals surface area contributed by atoms with Crippen molar-refractivity contribution < 1.29 is 19.4 Å². The molecule has 0 radical (unpaired) electrons. The highest BCUT2D eigenvalue weighted by atomic mass is 16.5. The molecule has 2 N–H and O–H groups in total. The largest absolute Gasteiger partial charge is 0.494 e. The molecule has 1 amide bonds. The summed E-state index contributed by atoms with van der Waals surface area (Å²) >= 11 is 0. The number of amides is 1. The number of rotatable bonds is 8. The summed E-state index contributed by atoms with van der Waals surface area (Å²) in [6.45, 7) is 3.88. The Hall–Kier alpha value is -2.08. The average Bonchev–Trinajstić information content (AvgIpc) is 2.95. The number of carbonyl (C=O) groups excluding carboxylic acids is 1. The van der Waals surface area contributed by atoms with Crippen LogP contribution in [-0.4, -0.2) is 54.2 Å². The van der Waals surface area contributed by atoms with Gasteiger partial charge in [-0.3, -0.25) is 14.5 Å². The third-order valence-corrected chi connectivity index (χ3v) is 3.90. The Morgan fingerprint density at radius 1 is 1.43 bits per heavy atom. The van der Waals surface area contributed by atoms with Gasteiger partial charge in [-0.15, -0.1) is 0 Å². The molecule has 2 rings (SSSR count). The summed E-state index contributed by atoms with van der Waals surface area (Å²) in [6.07, 6.45) is 2.16. The number of aryl methyl sites for hydroxylation is 1. The van der Waals surface area contributed by atoms with Crippen LogP contribution in [0.2, 0.25) is 0 Å². The van der Waals surface area contributed by atoms with Crippen LogP contribution in [0.25, 0.3) is 0 Å². The van der Waals surface area contributed by atoms with E-state index in [2.05, 4.69) is 5.32 Å². The Bertz CT molecular complexity index is 547. The van der Waals surface area contributed by atoms with Gasteiger partial charge < -0.3 is 15.2 Å². The molecule has 23 heavy (non-hydrogen) atoms. The molecule has 0 aliphatic carbocycles. The Kier molecular flexibility index (Phi) is 6.40. The van der Waals surface area contributed by atoms with Crippen molar-refractivity contribution in [1.82, 2.24) is 10.2 Å². The fourth-order valence-corrected chi connectivity index (χ4v) is 2.73. The molecule has 1 fully saturated rings. The SMILES string of the molecule is Cc1cccc(OCCCNC(=O)CN2CCCC2C(=O)O)c1. The summed E-state index contributed by atoms with van der Waals surface area (Å²) in [5.74, 6) is -0.145. The van der Waals surface area contributed by atoms with Gasteiger partial charge in [-0.1, -0.05) is 12.1 Å². The van der Waals surface area contributed by atoms with E-state index in [-0.39, 0.29) is 12.5 Å². The van der Waals surface area contributed by atoms with Crippen LogP contribution >= 0.6 is 0 Å². The van der Waals surface area contributed by atoms with Crippen molar-refractivity contribution in [2.24, 2.45) is 0 Å². The zero-order valence-corrected chi connectivity index (χ0v) is 13.5. The van der Waals surface area contributed by atoms with Gasteiger partial charge >= 0.3 is 5.97 Å². The standard InChI is InChI=1S/C17H24N2O4/c1-13-5-2-6-14(11-13)23-10-4-8-18-16(20)12-19-9-3-7-15(19)17(21)22/h2,5-6,11,15H,3-4,7-10,12H2,1H3,(H,18,20)(H,21,22). The lowest BCUT2D eigenvalue weighted by Crippen LogP contribution is -2.43. The number of carbonyl (C=O) groups is 2. The van der Waals surface area contributed by atoms with E-state index in [1.54, 1.807) is 4.90 Å². The van der Waals surface area contributed by atoms with Crippen molar-refractivity contribution in [2.75, 3.05) is 26.2 Å². The molecule has 6 nitrogen and oxygen atoms in total. The van der Waals surface area contributed by atoms with Crippen LogP contribution in [-0.2, 0) is 9.59 Å². The van der Waals surface area contributed by atoms with E-state index in [9.17, 15) is 9.59 Å². The number of ether oxygens (including phenoxy) is 1. The number of carboxylic acids is 1. The van der Waals surface area contributed by atoms with Crippen LogP contribution in [0, 0.1) is 6.92 Å². The Morgan fingerprint density at radius 3 is 3.00 bits per heavy atom. The smallest absolute Gasteiger partial charge is 0.320 e. The summed E-state index contributed by atoms with van der Waals surface area (Å²) in [6, 6.07) is 7.31. The first-order valence-electron chi connectivity index (χ1n) is 7.99. The minimum absolute atomic E-state index is 0.131. The topological polar surface area (TPSA) is 78.9 Å². The van der Waals surface area contributed by atoms with Crippen LogP contribution in [0.5, 0.6) is 5.75 Å². The van der Waals surface area contributed by atoms with Gasteiger partial charge in [-0.2, -0.15) is 0 Å². The molecule has 0 bridgehead atoms. The molecule has 6 heteroatoms. The predicted octanol–water partition coefficient (Wildman–Crippen LogP) is 1.43. The molecule has 0 spiro atoms. The van der Waals surface area contributed by atoms with Gasteiger partial charge in [0.25, 0.3) is 0 Å². The molecule has 0 saturated carbocycles. The van der Waals surface area contributed by atoms with E-state index in [0.29, 0.717) is 32.5 Å². The Balaban J connectivity index is 1.60. The van der Waals surface area contributed by atoms with Crippen LogP contribution in [0.3, 0.4) is 0 Å². The Labute approximate surface area is 136 Å². The van der Waals surface area contributed by atoms with Gasteiger partial charge in [-0.25, -0.2) is 0 Å². The number of nitrogens with one attached hydrogen (secondary N) is 1. The minimum Gasteiger partial charge on any atom is -0.494 e. The highest BCUT2D eigenvalue weighted by molar-refractivity contribution is 5.80. The lowest BCUT2D eigenvalue weighted by Gasteiger charge is -2.20. The lowest BCUT2D eigenvalue weighted by atomic mass is 10.2. The van der Waals surface area contributed by atoms with Crippen molar-refractivity contribution in [3.8, 4) is 5.75 Å². The molecule has 1 aromatic rings. The minimum atomic E-state index is -0.846. The molecular formula is C17H24N2O4. The van der Waals surface area contributed by atoms with E-state index in [0.717, 1.165) is 17.7 Å². The summed E-state index contributed by atoms with van der Waals surface area (Å²) in [4.78, 5) is 24.6. The maximum atomic E-state index is 11.9. The Morgan fingerprint density at radius 2 is 2.26 bits per heavy atom. The fraction of sp³-hybridized carbons (Fsp3) is 0.529. The van der Waals surface area contributed by atoms with E-state index < -0.39 is 12.0 Å². The zero-order chi connectivity index (χ0) is 16.7. The normalized spacial score (nSPS) is 17.9. The number of hydrogen-bond donors (Lipinski definition) is 2. The third kappa shape index (κ3) is 5.56. The molecule has 1 aromatic carbocycles. The monoisotopic (exact) mass is 320 g/mol. The number of hydrogen-bond acceptors (Lipinski definition) is 4. The number of benzene rings is 1. The van der Waals surface area contributed by atoms with Gasteiger partial charge in [0, 0.05) is 6.54 Å². The molecular weight excluding hydrogens is 296 g/mol. The first kappa shape index (κ1) is 17.3. The first-order chi connectivity index (χ1) is 11.1. The first-order valence-corrected chi connectivity index (χ1v) is 7.99. The molecule has 0 aromatic heterocycles. The van der Waals surface area contributed by atoms with Gasteiger partial charge in [0.15, 0.2) is 0 Å². The maximum absolute atomic E-state index is 11.9. The van der Waals surface area contributed by atoms with E-state index in [1.165, 1.54) is 0 Å². The van der Waals surface area contributed by atoms with Crippen molar-refractivity contribution in [3.05, 3.63) is 29.8 Å². The molecule has 1 aliphatic heterocycles. The van der Waals surface area contributed by atoms with E-state index >= 15 is 0 Å². The molecule has 1 heterocycles. The van der Waals surface area contributed by atoms with Gasteiger partial charge in [0.05, 0.1) is 13.2 Å². The molecule has 1 aliphatic rings. The number of aliphatic carboxylic acids is 1. The second-order valence-electron chi connectivity index (χ2n) is 5.84. The third-order valence-electron chi connectivity index (χ3n) is 3.90. The van der Waals surface area contributed by atoms with Gasteiger partial charge in [0.1, 0.15) is 11.8 Å². The highest BCUT2D eigenvalue weighted by Gasteiger charge is 2.31. The quantitative estimate of drug-likeness (QED) is 0.709. The summed E-state index contributed by atoms with van der Waals surface area (Å²) in [7, 11) is 0. The summed E-state index contributed by atoms with van der Waals surface area (Å²) in [5, 5.41) is 11.9.